The molecule has 1 rings (SSSR count). The van der Waals surface area contributed by atoms with E-state index in [9.17, 15) is 9.59 Å². The van der Waals surface area contributed by atoms with Crippen molar-refractivity contribution < 1.29 is 9.59 Å². The van der Waals surface area contributed by atoms with Crippen LogP contribution in [-0.2, 0) is 4.79 Å². The Morgan fingerprint density at radius 3 is 2.59 bits per heavy atom. The molecule has 0 aliphatic carbocycles. The number of tetrazole rings is 1. The van der Waals surface area contributed by atoms with Crippen LogP contribution in [-0.4, -0.2) is 57.0 Å². The van der Waals surface area contributed by atoms with Gasteiger partial charge in [0.2, 0.25) is 5.91 Å². The first-order chi connectivity index (χ1) is 8.19. The van der Waals surface area contributed by atoms with E-state index in [1.807, 2.05) is 13.8 Å². The molecule has 0 aliphatic rings. The van der Waals surface area contributed by atoms with Crippen molar-refractivity contribution in [2.45, 2.75) is 20.3 Å². The summed E-state index contributed by atoms with van der Waals surface area (Å²) < 4.78 is 0. The van der Waals surface area contributed by atoms with Crippen molar-refractivity contribution in [1.29, 1.82) is 0 Å². The number of nitrogens with zero attached hydrogens (tertiary/aromatic N) is 4. The highest BCUT2D eigenvalue weighted by Gasteiger charge is 2.12. The predicted octanol–water partition coefficient (Wildman–Crippen LogP) is -0.812. The van der Waals surface area contributed by atoms with E-state index < -0.39 is 5.91 Å². The Morgan fingerprint density at radius 1 is 1.35 bits per heavy atom. The molecule has 2 N–H and O–H groups in total. The molecule has 0 unspecified atom stereocenters. The number of nitrogens with one attached hydrogen (secondary N) is 2. The Hall–Kier alpha value is -1.99. The highest BCUT2D eigenvalue weighted by molar-refractivity contribution is 5.90. The SMILES string of the molecule is CCN(CC)C(=O)CCNC(=O)c1nn[nH]n1. The molecule has 17 heavy (non-hydrogen) atoms. The van der Waals surface area contributed by atoms with Crippen molar-refractivity contribution in [1.82, 2.24) is 30.8 Å². The molecule has 0 radical (unpaired) electrons. The minimum absolute atomic E-state index is 0.0170. The summed E-state index contributed by atoms with van der Waals surface area (Å²) in [4.78, 5) is 24.7. The number of rotatable bonds is 6. The summed E-state index contributed by atoms with van der Waals surface area (Å²) in [6.45, 7) is 5.45. The van der Waals surface area contributed by atoms with Gasteiger partial charge in [-0.15, -0.1) is 10.2 Å². The zero-order chi connectivity index (χ0) is 12.7. The van der Waals surface area contributed by atoms with Gasteiger partial charge in [-0.2, -0.15) is 5.21 Å². The molecule has 8 heteroatoms. The fourth-order valence-corrected chi connectivity index (χ4v) is 1.35. The molecule has 0 fully saturated rings. The highest BCUT2D eigenvalue weighted by Crippen LogP contribution is 1.93. The van der Waals surface area contributed by atoms with E-state index in [2.05, 4.69) is 25.9 Å². The van der Waals surface area contributed by atoms with Gasteiger partial charge in [-0.1, -0.05) is 0 Å². The standard InChI is InChI=1S/C9H16N6O2/c1-3-15(4-2)7(16)5-6-10-9(17)8-11-13-14-12-8/h3-6H2,1-2H3,(H,10,17)(H,11,12,13,14). The topological polar surface area (TPSA) is 104 Å². The zero-order valence-electron chi connectivity index (χ0n) is 9.93. The van der Waals surface area contributed by atoms with Crippen LogP contribution in [0.15, 0.2) is 0 Å². The Morgan fingerprint density at radius 2 is 2.06 bits per heavy atom. The second-order valence-corrected chi connectivity index (χ2v) is 3.31. The van der Waals surface area contributed by atoms with Gasteiger partial charge >= 0.3 is 0 Å². The van der Waals surface area contributed by atoms with Crippen LogP contribution in [0.4, 0.5) is 0 Å². The number of aromatic nitrogens is 4. The normalized spacial score (nSPS) is 10.0. The molecule has 0 aliphatic heterocycles. The molecular weight excluding hydrogens is 224 g/mol. The van der Waals surface area contributed by atoms with Gasteiger partial charge in [-0.25, -0.2) is 0 Å². The van der Waals surface area contributed by atoms with Crippen LogP contribution in [0, 0.1) is 0 Å². The quantitative estimate of drug-likeness (QED) is 0.676. The van der Waals surface area contributed by atoms with Crippen LogP contribution in [0.3, 0.4) is 0 Å². The first-order valence-corrected chi connectivity index (χ1v) is 5.48. The third-order valence-corrected chi connectivity index (χ3v) is 2.29. The second kappa shape index (κ2) is 6.56. The van der Waals surface area contributed by atoms with Gasteiger partial charge in [0.1, 0.15) is 0 Å². The number of carbonyl (C=O) groups excluding carboxylic acids is 2. The summed E-state index contributed by atoms with van der Waals surface area (Å²) in [5.41, 5.74) is 0. The van der Waals surface area contributed by atoms with Gasteiger partial charge in [-0.05, 0) is 19.1 Å². The number of hydrogen-bond acceptors (Lipinski definition) is 5. The summed E-state index contributed by atoms with van der Waals surface area (Å²) in [6, 6.07) is 0. The molecular formula is C9H16N6O2. The summed E-state index contributed by atoms with van der Waals surface area (Å²) in [7, 11) is 0. The molecule has 1 aromatic heterocycles. The highest BCUT2D eigenvalue weighted by atomic mass is 16.2. The number of amides is 2. The molecule has 1 heterocycles. The van der Waals surface area contributed by atoms with Gasteiger partial charge in [-0.3, -0.25) is 9.59 Å². The fraction of sp³-hybridized carbons (Fsp3) is 0.667. The maximum atomic E-state index is 11.6. The molecule has 0 atom stereocenters. The van der Waals surface area contributed by atoms with E-state index >= 15 is 0 Å². The molecule has 0 spiro atoms. The third kappa shape index (κ3) is 3.82. The van der Waals surface area contributed by atoms with Crippen molar-refractivity contribution in [2.24, 2.45) is 0 Å². The molecule has 2 amide bonds. The maximum absolute atomic E-state index is 11.6. The lowest BCUT2D eigenvalue weighted by molar-refractivity contribution is -0.130. The molecule has 0 saturated carbocycles. The summed E-state index contributed by atoms with van der Waals surface area (Å²) in [6.07, 6.45) is 0.269. The van der Waals surface area contributed by atoms with E-state index in [1.165, 1.54) is 0 Å². The Balaban J connectivity index is 2.28. The average molecular weight is 240 g/mol. The van der Waals surface area contributed by atoms with Gasteiger partial charge < -0.3 is 10.2 Å². The van der Waals surface area contributed by atoms with Crippen molar-refractivity contribution in [3.63, 3.8) is 0 Å². The van der Waals surface area contributed by atoms with E-state index in [0.29, 0.717) is 13.1 Å². The summed E-state index contributed by atoms with van der Waals surface area (Å²) >= 11 is 0. The van der Waals surface area contributed by atoms with E-state index in [1.54, 1.807) is 4.90 Å². The van der Waals surface area contributed by atoms with Crippen LogP contribution in [0.1, 0.15) is 30.9 Å². The Labute approximate surface area is 98.8 Å². The lowest BCUT2D eigenvalue weighted by Crippen LogP contribution is -2.34. The molecule has 1 aromatic rings. The largest absolute Gasteiger partial charge is 0.349 e. The van der Waals surface area contributed by atoms with Crippen LogP contribution in [0.5, 0.6) is 0 Å². The molecule has 0 saturated heterocycles. The first kappa shape index (κ1) is 13.1. The van der Waals surface area contributed by atoms with Crippen LogP contribution in [0.2, 0.25) is 0 Å². The van der Waals surface area contributed by atoms with Gasteiger partial charge in [0, 0.05) is 26.1 Å². The zero-order valence-corrected chi connectivity index (χ0v) is 9.93. The molecule has 8 nitrogen and oxygen atoms in total. The first-order valence-electron chi connectivity index (χ1n) is 5.48. The maximum Gasteiger partial charge on any atom is 0.292 e. The summed E-state index contributed by atoms with van der Waals surface area (Å²) in [5, 5.41) is 15.0. The fourth-order valence-electron chi connectivity index (χ4n) is 1.35. The van der Waals surface area contributed by atoms with Crippen LogP contribution < -0.4 is 5.32 Å². The lowest BCUT2D eigenvalue weighted by atomic mass is 10.3. The molecule has 0 bridgehead atoms. The second-order valence-electron chi connectivity index (χ2n) is 3.31. The summed E-state index contributed by atoms with van der Waals surface area (Å²) in [5.74, 6) is -0.449. The van der Waals surface area contributed by atoms with E-state index in [0.717, 1.165) is 0 Å². The Kier molecular flexibility index (Phi) is 5.05. The number of H-pyrrole nitrogens is 1. The third-order valence-electron chi connectivity index (χ3n) is 2.29. The smallest absolute Gasteiger partial charge is 0.292 e. The average Bonchev–Trinajstić information content (AvgIpc) is 2.84. The number of carbonyl (C=O) groups is 2. The lowest BCUT2D eigenvalue weighted by Gasteiger charge is -2.18. The van der Waals surface area contributed by atoms with Crippen molar-refractivity contribution in [3.05, 3.63) is 5.82 Å². The number of hydrogen-bond donors (Lipinski definition) is 2. The van der Waals surface area contributed by atoms with Crippen LogP contribution in [0.25, 0.3) is 0 Å². The van der Waals surface area contributed by atoms with Gasteiger partial charge in [0.05, 0.1) is 0 Å². The minimum atomic E-state index is -0.439. The van der Waals surface area contributed by atoms with Crippen LogP contribution >= 0.6 is 0 Å². The predicted molar refractivity (Wildman–Crippen MR) is 59.1 cm³/mol. The van der Waals surface area contributed by atoms with Crippen molar-refractivity contribution in [2.75, 3.05) is 19.6 Å². The Bertz CT molecular complexity index is 360. The molecule has 94 valence electrons. The van der Waals surface area contributed by atoms with Crippen molar-refractivity contribution in [3.8, 4) is 0 Å². The van der Waals surface area contributed by atoms with Crippen molar-refractivity contribution >= 4 is 11.8 Å². The number of aromatic amines is 1. The van der Waals surface area contributed by atoms with E-state index in [-0.39, 0.29) is 24.7 Å². The van der Waals surface area contributed by atoms with Gasteiger partial charge in [0.15, 0.2) is 0 Å². The minimum Gasteiger partial charge on any atom is -0.349 e. The monoisotopic (exact) mass is 240 g/mol. The van der Waals surface area contributed by atoms with Gasteiger partial charge in [0.25, 0.3) is 11.7 Å². The van der Waals surface area contributed by atoms with E-state index in [4.69, 9.17) is 0 Å². The molecule has 0 aromatic carbocycles.